The molecule has 1 nitrogen and oxygen atoms in total. The Morgan fingerprint density at radius 2 is 1.11 bits per heavy atom. The summed E-state index contributed by atoms with van der Waals surface area (Å²) in [4.78, 5) is 0. The number of thiophene rings is 1. The summed E-state index contributed by atoms with van der Waals surface area (Å²) in [5, 5.41) is 7.97. The highest BCUT2D eigenvalue weighted by atomic mass is 32.1. The Hall–Kier alpha value is -4.40. The summed E-state index contributed by atoms with van der Waals surface area (Å²) in [6.45, 7) is 0. The van der Waals surface area contributed by atoms with Gasteiger partial charge < -0.3 is 4.57 Å². The van der Waals surface area contributed by atoms with E-state index < -0.39 is 0 Å². The van der Waals surface area contributed by atoms with Crippen LogP contribution in [0.15, 0.2) is 115 Å². The van der Waals surface area contributed by atoms with Crippen molar-refractivity contribution in [3.05, 3.63) is 115 Å². The first kappa shape index (κ1) is 18.9. The second-order valence-corrected chi connectivity index (χ2v) is 10.8. The molecule has 0 fully saturated rings. The number of rotatable bonds is 1. The maximum Gasteiger partial charge on any atom is 0.0548 e. The van der Waals surface area contributed by atoms with E-state index in [-0.39, 0.29) is 0 Å². The fourth-order valence-corrected chi connectivity index (χ4v) is 7.56. The smallest absolute Gasteiger partial charge is 0.0548 e. The molecule has 0 saturated carbocycles. The zero-order valence-corrected chi connectivity index (χ0v) is 20.1. The molecule has 0 unspecified atom stereocenters. The van der Waals surface area contributed by atoms with Gasteiger partial charge in [0.25, 0.3) is 0 Å². The number of hydrogen-bond acceptors (Lipinski definition) is 1. The van der Waals surface area contributed by atoms with Crippen molar-refractivity contribution in [3.63, 3.8) is 0 Å². The number of nitrogens with zero attached hydrogens (tertiary/aromatic N) is 1. The zero-order chi connectivity index (χ0) is 23.4. The van der Waals surface area contributed by atoms with Crippen LogP contribution in [0, 0.1) is 0 Å². The van der Waals surface area contributed by atoms with E-state index in [9.17, 15) is 0 Å². The third kappa shape index (κ3) is 2.26. The van der Waals surface area contributed by atoms with Crippen molar-refractivity contribution in [1.82, 2.24) is 4.57 Å². The summed E-state index contributed by atoms with van der Waals surface area (Å²) in [5.74, 6) is 0. The van der Waals surface area contributed by atoms with Crippen LogP contribution < -0.4 is 0 Å². The van der Waals surface area contributed by atoms with Gasteiger partial charge in [-0.1, -0.05) is 84.9 Å². The number of hydrogen-bond donors (Lipinski definition) is 0. The Labute approximate surface area is 211 Å². The predicted molar refractivity (Wildman–Crippen MR) is 156 cm³/mol. The van der Waals surface area contributed by atoms with Crippen LogP contribution >= 0.6 is 11.3 Å². The zero-order valence-electron chi connectivity index (χ0n) is 19.3. The van der Waals surface area contributed by atoms with E-state index in [1.165, 1.54) is 80.7 Å². The highest BCUT2D eigenvalue weighted by Crippen LogP contribution is 2.49. The van der Waals surface area contributed by atoms with Crippen molar-refractivity contribution in [3.8, 4) is 27.9 Å². The summed E-state index contributed by atoms with van der Waals surface area (Å²) in [5.41, 5.74) is 9.12. The lowest BCUT2D eigenvalue weighted by atomic mass is 10.0. The lowest BCUT2D eigenvalue weighted by Gasteiger charge is -2.13. The second kappa shape index (κ2) is 6.63. The maximum absolute atomic E-state index is 2.49. The van der Waals surface area contributed by atoms with E-state index in [0.29, 0.717) is 0 Å². The first-order valence-electron chi connectivity index (χ1n) is 12.4. The average Bonchev–Trinajstić information content (AvgIpc) is 3.57. The third-order valence-electron chi connectivity index (χ3n) is 7.94. The Morgan fingerprint density at radius 3 is 2.00 bits per heavy atom. The Balaban J connectivity index is 1.46. The molecule has 0 saturated heterocycles. The van der Waals surface area contributed by atoms with Crippen LogP contribution in [0.3, 0.4) is 0 Å². The van der Waals surface area contributed by atoms with E-state index >= 15 is 0 Å². The summed E-state index contributed by atoms with van der Waals surface area (Å²) in [6, 6.07) is 42.7. The monoisotopic (exact) mass is 473 g/mol. The molecule has 1 aliphatic rings. The first-order chi connectivity index (χ1) is 17.9. The third-order valence-corrected chi connectivity index (χ3v) is 9.07. The Kier molecular flexibility index (Phi) is 3.47. The minimum atomic E-state index is 1.24. The van der Waals surface area contributed by atoms with Crippen molar-refractivity contribution in [2.24, 2.45) is 0 Å². The van der Waals surface area contributed by atoms with Crippen LogP contribution in [-0.4, -0.2) is 4.57 Å². The predicted octanol–water partition coefficient (Wildman–Crippen LogP) is 9.95. The molecule has 166 valence electrons. The molecule has 8 aromatic rings. The van der Waals surface area contributed by atoms with Crippen LogP contribution in [0.1, 0.15) is 0 Å². The van der Waals surface area contributed by atoms with Gasteiger partial charge in [0.05, 0.1) is 16.7 Å². The van der Waals surface area contributed by atoms with Gasteiger partial charge in [-0.2, -0.15) is 0 Å². The Morgan fingerprint density at radius 1 is 0.417 bits per heavy atom. The van der Waals surface area contributed by atoms with Crippen molar-refractivity contribution in [2.75, 3.05) is 0 Å². The molecule has 0 radical (unpaired) electrons. The molecule has 0 spiro atoms. The van der Waals surface area contributed by atoms with E-state index in [1.807, 2.05) is 11.3 Å². The summed E-state index contributed by atoms with van der Waals surface area (Å²) in [7, 11) is 0. The van der Waals surface area contributed by atoms with Crippen LogP contribution in [-0.2, 0) is 0 Å². The van der Waals surface area contributed by atoms with Crippen LogP contribution in [0.25, 0.3) is 80.7 Å². The molecule has 0 N–H and O–H groups in total. The quantitative estimate of drug-likeness (QED) is 0.223. The Bertz CT molecular complexity index is 2180. The molecule has 9 rings (SSSR count). The van der Waals surface area contributed by atoms with Gasteiger partial charge in [-0.15, -0.1) is 11.3 Å². The van der Waals surface area contributed by atoms with Crippen molar-refractivity contribution >= 4 is 64.1 Å². The van der Waals surface area contributed by atoms with Gasteiger partial charge in [0.15, 0.2) is 0 Å². The summed E-state index contributed by atoms with van der Waals surface area (Å²) in [6.07, 6.45) is 0. The van der Waals surface area contributed by atoms with E-state index in [2.05, 4.69) is 120 Å². The normalized spacial score (nSPS) is 12.4. The largest absolute Gasteiger partial charge is 0.309 e. The molecule has 6 aromatic carbocycles. The number of aromatic nitrogens is 1. The fraction of sp³-hybridized carbons (Fsp3) is 0. The fourth-order valence-electron chi connectivity index (χ4n) is 6.43. The van der Waals surface area contributed by atoms with Gasteiger partial charge >= 0.3 is 0 Å². The standard InChI is InChI=1S/C34H19NS/c1-2-9-21-20(8-1)24-12-7-13-26-30(17-16-25(21)34(24)26)35-29-14-5-3-10-22(29)27-19-33-28(18-31(27)35)23-11-4-6-15-32(23)36-33/h1-19H. The molecule has 0 amide bonds. The first-order valence-corrected chi connectivity index (χ1v) is 13.2. The molecule has 2 heteroatoms. The van der Waals surface area contributed by atoms with Crippen molar-refractivity contribution in [2.45, 2.75) is 0 Å². The van der Waals surface area contributed by atoms with Gasteiger partial charge in [0.2, 0.25) is 0 Å². The average molecular weight is 474 g/mol. The van der Waals surface area contributed by atoms with E-state index in [4.69, 9.17) is 0 Å². The van der Waals surface area contributed by atoms with Crippen LogP contribution in [0.2, 0.25) is 0 Å². The van der Waals surface area contributed by atoms with E-state index in [0.717, 1.165) is 0 Å². The molecule has 2 heterocycles. The molecule has 0 bridgehead atoms. The molecule has 0 atom stereocenters. The van der Waals surface area contributed by atoms with Gasteiger partial charge in [-0.05, 0) is 58.0 Å². The summed E-state index contributed by atoms with van der Waals surface area (Å²) < 4.78 is 5.18. The van der Waals surface area contributed by atoms with Gasteiger partial charge in [0, 0.05) is 36.3 Å². The molecule has 1 aliphatic carbocycles. The van der Waals surface area contributed by atoms with Crippen LogP contribution in [0.5, 0.6) is 0 Å². The lowest BCUT2D eigenvalue weighted by molar-refractivity contribution is 1.20. The SMILES string of the molecule is c1ccc2c(c1)-c1cccc3c(-n4c5ccccc5c5cc6sc7ccccc7c6cc54)ccc-2c13. The molecule has 0 aliphatic heterocycles. The van der Waals surface area contributed by atoms with E-state index in [1.54, 1.807) is 0 Å². The number of benzene rings is 6. The topological polar surface area (TPSA) is 4.93 Å². The number of fused-ring (bicyclic) bond motifs is 9. The minimum absolute atomic E-state index is 1.24. The van der Waals surface area contributed by atoms with Crippen LogP contribution in [0.4, 0.5) is 0 Å². The molecule has 2 aromatic heterocycles. The molecular formula is C34H19NS. The molecular weight excluding hydrogens is 454 g/mol. The van der Waals surface area contributed by atoms with Gasteiger partial charge in [-0.25, -0.2) is 0 Å². The summed E-state index contributed by atoms with van der Waals surface area (Å²) >= 11 is 1.89. The highest BCUT2D eigenvalue weighted by molar-refractivity contribution is 7.25. The second-order valence-electron chi connectivity index (χ2n) is 9.72. The van der Waals surface area contributed by atoms with Gasteiger partial charge in [-0.3, -0.25) is 0 Å². The maximum atomic E-state index is 2.49. The molecule has 36 heavy (non-hydrogen) atoms. The van der Waals surface area contributed by atoms with Crippen molar-refractivity contribution < 1.29 is 0 Å². The number of para-hydroxylation sites is 1. The van der Waals surface area contributed by atoms with Crippen molar-refractivity contribution in [1.29, 1.82) is 0 Å². The van der Waals surface area contributed by atoms with Gasteiger partial charge in [0.1, 0.15) is 0 Å². The highest BCUT2D eigenvalue weighted by Gasteiger charge is 2.23. The lowest BCUT2D eigenvalue weighted by Crippen LogP contribution is -1.95. The minimum Gasteiger partial charge on any atom is -0.309 e.